The first-order chi connectivity index (χ1) is 71.4. The minimum absolute atomic E-state index is 0.774. The molecule has 4 aliphatic heterocycles. The van der Waals surface area contributed by atoms with Gasteiger partial charge in [-0.15, -0.1) is 0 Å². The average molecular weight is 1880 g/mol. The van der Waals surface area contributed by atoms with Crippen LogP contribution in [0.15, 0.2) is 481 Å². The molecule has 0 saturated heterocycles. The molecule has 672 valence electrons. The Labute approximate surface area is 832 Å². The molecule has 32 rings (SSSR count). The first kappa shape index (κ1) is 80.2. The van der Waals surface area contributed by atoms with Crippen molar-refractivity contribution < 1.29 is 9.47 Å². The van der Waals surface area contributed by atoms with Gasteiger partial charge in [-0.25, -0.2) is 0 Å². The fourth-order valence-electron chi connectivity index (χ4n) is 23.3. The lowest BCUT2D eigenvalue weighted by atomic mass is 9.97. The highest BCUT2D eigenvalue weighted by atomic mass is 32.2. The summed E-state index contributed by atoms with van der Waals surface area (Å²) in [7, 11) is 0. The fraction of sp³-hybridized carbons (Fsp3) is 0. The molecular weight excluding hydrogens is 1800 g/mol. The Morgan fingerprint density at radius 3 is 0.660 bits per heavy atom. The van der Waals surface area contributed by atoms with E-state index in [0.29, 0.717) is 0 Å². The Bertz CT molecular complexity index is 9050. The minimum Gasteiger partial charge on any atom is -0.453 e. The van der Waals surface area contributed by atoms with Gasteiger partial charge in [-0.3, -0.25) is 19.9 Å². The van der Waals surface area contributed by atoms with E-state index in [1.165, 1.54) is 84.7 Å². The Hall–Kier alpha value is -18.7. The van der Waals surface area contributed by atoms with Gasteiger partial charge in [0.05, 0.1) is 123 Å². The van der Waals surface area contributed by atoms with Crippen molar-refractivity contribution in [3.05, 3.63) is 462 Å². The van der Waals surface area contributed by atoms with Crippen LogP contribution < -0.4 is 29.1 Å². The summed E-state index contributed by atoms with van der Waals surface area (Å²) in [5.74, 6) is 3.12. The molecule has 0 saturated carbocycles. The SMILES string of the molecule is c1ccc2c(c1)Oc1cc(-n3c4ccccc4c4ccccc43)ccc1N2c1ccc2c(c1)c1cc(N3c4ccccc4Oc4cc(-n5c6ccccc6c6ccccc65)ccc43)ccc1c1nccnc21.c1ccc2c(c1)Sc1cc(-n3c4ccccc4c4ccccc43)ccc1N2c1ccc2c(c1)c1cc(N3c4ccccc4Sc4cc(-n5c6ccccc6c6ccccc65)ccc43)ccc1c1nccnc21. The van der Waals surface area contributed by atoms with Crippen molar-refractivity contribution in [2.24, 2.45) is 0 Å². The summed E-state index contributed by atoms with van der Waals surface area (Å²) in [6.07, 6.45) is 7.19. The van der Waals surface area contributed by atoms with Gasteiger partial charge >= 0.3 is 0 Å². The maximum Gasteiger partial charge on any atom is 0.153 e. The molecule has 0 bridgehead atoms. The topological polar surface area (TPSA) is 103 Å². The summed E-state index contributed by atoms with van der Waals surface area (Å²) in [5, 5.41) is 18.4. The second kappa shape index (κ2) is 31.4. The normalized spacial score (nSPS) is 13.0. The van der Waals surface area contributed by atoms with Gasteiger partial charge in [-0.05, 0) is 228 Å². The van der Waals surface area contributed by atoms with Gasteiger partial charge < -0.3 is 47.3 Å². The standard InChI is InChI=1S/C64H38N6O2.C64H38N6S2/c2*1-5-17-51-43(13-1)44-14-2-6-18-52(44)67(51)41-27-31-57-61(37-41)71-59-23-11-9-21-55(59)69(57)39-25-29-47-49(35-39)50-36-40(26-30-48(50)64-63(47)65-33-34-66-64)70-56-22-10-12-24-60(56)72-62-38-42(28-32-58(62)70)68-53-19-7-3-15-45(53)46-16-4-8-20-54(46)68/h2*1-38H. The predicted molar refractivity (Wildman–Crippen MR) is 594 cm³/mol. The number of ether oxygens (including phenoxy) is 2. The molecule has 4 aliphatic rings. The lowest BCUT2D eigenvalue weighted by Gasteiger charge is -2.34. The third kappa shape index (κ3) is 12.0. The van der Waals surface area contributed by atoms with Crippen molar-refractivity contribution in [1.29, 1.82) is 0 Å². The summed E-state index contributed by atoms with van der Waals surface area (Å²) in [6, 6.07) is 158. The monoisotopic (exact) mass is 1880 g/mol. The third-order valence-corrected chi connectivity index (χ3v) is 31.7. The summed E-state index contributed by atoms with van der Waals surface area (Å²) < 4.78 is 23.1. The maximum absolute atomic E-state index is 6.82. The van der Waals surface area contributed by atoms with Crippen LogP contribution in [0.3, 0.4) is 0 Å². The Morgan fingerprint density at radius 2 is 0.368 bits per heavy atom. The van der Waals surface area contributed by atoms with Crippen LogP contribution in [0.4, 0.5) is 68.2 Å². The Balaban J connectivity index is 0.000000131. The molecule has 16 heteroatoms. The van der Waals surface area contributed by atoms with Crippen molar-refractivity contribution >= 4 is 244 Å². The fourth-order valence-corrected chi connectivity index (χ4v) is 25.5. The number of anilines is 12. The van der Waals surface area contributed by atoms with Crippen molar-refractivity contribution in [1.82, 2.24) is 38.2 Å². The van der Waals surface area contributed by atoms with E-state index in [0.717, 1.165) is 201 Å². The number of aromatic nitrogens is 8. The zero-order chi connectivity index (χ0) is 94.0. The lowest BCUT2D eigenvalue weighted by Crippen LogP contribution is -2.16. The van der Waals surface area contributed by atoms with Crippen LogP contribution >= 0.6 is 23.5 Å². The molecular formula is C128H76N12O2S2. The molecule has 0 atom stereocenters. The number of rotatable bonds is 8. The van der Waals surface area contributed by atoms with Gasteiger partial charge in [0.2, 0.25) is 0 Å². The molecule has 28 aromatic rings. The lowest BCUT2D eigenvalue weighted by molar-refractivity contribution is 0.476. The Kier molecular flexibility index (Phi) is 17.5. The maximum atomic E-state index is 6.82. The zero-order valence-corrected chi connectivity index (χ0v) is 78.5. The van der Waals surface area contributed by atoms with Gasteiger partial charge in [0, 0.05) is 155 Å². The second-order valence-electron chi connectivity index (χ2n) is 37.1. The van der Waals surface area contributed by atoms with Gasteiger partial charge in [-0.2, -0.15) is 0 Å². The predicted octanol–water partition coefficient (Wildman–Crippen LogP) is 35.3. The number of hydrogen-bond donors (Lipinski definition) is 0. The summed E-state index contributed by atoms with van der Waals surface area (Å²) in [6.45, 7) is 0. The van der Waals surface area contributed by atoms with Gasteiger partial charge in [0.1, 0.15) is 0 Å². The highest BCUT2D eigenvalue weighted by molar-refractivity contribution is 8.00. The van der Waals surface area contributed by atoms with Crippen LogP contribution in [-0.2, 0) is 0 Å². The van der Waals surface area contributed by atoms with E-state index in [1.54, 1.807) is 12.4 Å². The number of nitrogens with zero attached hydrogens (tertiary/aromatic N) is 12. The number of fused-ring (bicyclic) bond motifs is 32. The van der Waals surface area contributed by atoms with E-state index in [4.69, 9.17) is 29.4 Å². The molecule has 0 fully saturated rings. The smallest absolute Gasteiger partial charge is 0.153 e. The first-order valence-corrected chi connectivity index (χ1v) is 50.1. The molecule has 0 aliphatic carbocycles. The van der Waals surface area contributed by atoms with E-state index in [2.05, 4.69) is 450 Å². The van der Waals surface area contributed by atoms with E-state index >= 15 is 0 Å². The third-order valence-electron chi connectivity index (χ3n) is 29.4. The van der Waals surface area contributed by atoms with Gasteiger partial charge in [0.15, 0.2) is 23.0 Å². The molecule has 0 radical (unpaired) electrons. The van der Waals surface area contributed by atoms with Crippen LogP contribution in [0.25, 0.3) is 175 Å². The van der Waals surface area contributed by atoms with Crippen LogP contribution in [0.1, 0.15) is 0 Å². The van der Waals surface area contributed by atoms with E-state index in [9.17, 15) is 0 Å². The van der Waals surface area contributed by atoms with Crippen molar-refractivity contribution in [3.8, 4) is 45.7 Å². The zero-order valence-electron chi connectivity index (χ0n) is 76.9. The molecule has 0 spiro atoms. The molecule has 0 unspecified atom stereocenters. The summed E-state index contributed by atoms with van der Waals surface area (Å²) in [5.41, 5.74) is 29.8. The van der Waals surface area contributed by atoms with Crippen molar-refractivity contribution in [3.63, 3.8) is 0 Å². The molecule has 22 aromatic carbocycles. The number of hydrogen-bond acceptors (Lipinski definition) is 12. The van der Waals surface area contributed by atoms with Crippen molar-refractivity contribution in [2.75, 3.05) is 19.6 Å². The minimum atomic E-state index is 0.774. The number of benzene rings is 22. The van der Waals surface area contributed by atoms with E-state index in [1.807, 2.05) is 60.2 Å². The second-order valence-corrected chi connectivity index (χ2v) is 39.3. The number of para-hydroxylation sites is 14. The molecule has 0 N–H and O–H groups in total. The van der Waals surface area contributed by atoms with Gasteiger partial charge in [-0.1, -0.05) is 242 Å². The van der Waals surface area contributed by atoms with Gasteiger partial charge in [0.25, 0.3) is 0 Å². The molecule has 14 nitrogen and oxygen atoms in total. The van der Waals surface area contributed by atoms with Crippen LogP contribution in [0, 0.1) is 0 Å². The molecule has 6 aromatic heterocycles. The van der Waals surface area contributed by atoms with E-state index < -0.39 is 0 Å². The summed E-state index contributed by atoms with van der Waals surface area (Å²) >= 11 is 3.67. The summed E-state index contributed by atoms with van der Waals surface area (Å²) in [4.78, 5) is 34.3. The first-order valence-electron chi connectivity index (χ1n) is 48.4. The van der Waals surface area contributed by atoms with E-state index in [-0.39, 0.29) is 0 Å². The Morgan fingerprint density at radius 1 is 0.153 bits per heavy atom. The molecule has 0 amide bonds. The van der Waals surface area contributed by atoms with Crippen LogP contribution in [0.2, 0.25) is 0 Å². The van der Waals surface area contributed by atoms with Crippen LogP contribution in [0.5, 0.6) is 23.0 Å². The quantitative estimate of drug-likeness (QED) is 0.135. The highest BCUT2D eigenvalue weighted by Gasteiger charge is 2.35. The van der Waals surface area contributed by atoms with Crippen LogP contribution in [-0.4, -0.2) is 38.2 Å². The molecule has 10 heterocycles. The largest absolute Gasteiger partial charge is 0.453 e. The van der Waals surface area contributed by atoms with Crippen molar-refractivity contribution in [2.45, 2.75) is 19.6 Å². The molecule has 144 heavy (non-hydrogen) atoms. The highest BCUT2D eigenvalue weighted by Crippen LogP contribution is 2.60. The average Bonchev–Trinajstić information content (AvgIpc) is 0.965.